The van der Waals surface area contributed by atoms with Crippen LogP contribution in [0.4, 0.5) is 8.78 Å². The quantitative estimate of drug-likeness (QED) is 0.613. The zero-order chi connectivity index (χ0) is 23.8. The van der Waals surface area contributed by atoms with Gasteiger partial charge in [-0.05, 0) is 67.9 Å². The molecule has 0 aromatic heterocycles. The largest absolute Gasteiger partial charge is 0.395 e. The van der Waals surface area contributed by atoms with Crippen LogP contribution in [0.25, 0.3) is 0 Å². The van der Waals surface area contributed by atoms with Crippen molar-refractivity contribution in [1.29, 1.82) is 0 Å². The number of rotatable bonds is 5. The maximum atomic E-state index is 15.2. The van der Waals surface area contributed by atoms with Crippen molar-refractivity contribution in [2.75, 3.05) is 13.2 Å². The Bertz CT molecular complexity index is 1090. The fourth-order valence-electron chi connectivity index (χ4n) is 5.34. The van der Waals surface area contributed by atoms with Gasteiger partial charge in [0.25, 0.3) is 0 Å². The smallest absolute Gasteiger partial charge is 0.163 e. The van der Waals surface area contributed by atoms with E-state index < -0.39 is 49.5 Å². The van der Waals surface area contributed by atoms with Crippen molar-refractivity contribution in [2.45, 2.75) is 67.1 Å². The molecule has 1 saturated heterocycles. The summed E-state index contributed by atoms with van der Waals surface area (Å²) in [5.41, 5.74) is -0.158. The minimum Gasteiger partial charge on any atom is -0.395 e. The highest BCUT2D eigenvalue weighted by atomic mass is 32.2. The van der Waals surface area contributed by atoms with Gasteiger partial charge in [-0.3, -0.25) is 0 Å². The van der Waals surface area contributed by atoms with Crippen molar-refractivity contribution in [2.24, 2.45) is 0 Å². The van der Waals surface area contributed by atoms with E-state index in [1.54, 1.807) is 31.2 Å². The number of hydrogen-bond acceptors (Lipinski definition) is 5. The molecule has 2 aliphatic rings. The van der Waals surface area contributed by atoms with Crippen LogP contribution in [0.15, 0.2) is 42.5 Å². The van der Waals surface area contributed by atoms with Gasteiger partial charge in [0.1, 0.15) is 11.6 Å². The molecule has 2 fully saturated rings. The Labute approximate surface area is 193 Å². The summed E-state index contributed by atoms with van der Waals surface area (Å²) in [6, 6.07) is 10.7. The van der Waals surface area contributed by atoms with Crippen LogP contribution in [0.5, 0.6) is 0 Å². The topological polar surface area (TPSA) is 86.6 Å². The molecule has 1 unspecified atom stereocenters. The third kappa shape index (κ3) is 4.58. The van der Waals surface area contributed by atoms with E-state index in [1.807, 2.05) is 6.07 Å². The van der Waals surface area contributed by atoms with Crippen molar-refractivity contribution >= 4 is 9.84 Å². The second-order valence-corrected chi connectivity index (χ2v) is 11.9. The van der Waals surface area contributed by atoms with Gasteiger partial charge in [0, 0.05) is 18.0 Å². The average molecular weight is 480 g/mol. The lowest BCUT2D eigenvalue weighted by atomic mass is 9.69. The molecule has 0 radical (unpaired) electrons. The number of halogens is 2. The fourth-order valence-corrected chi connectivity index (χ4v) is 7.70. The lowest BCUT2D eigenvalue weighted by Gasteiger charge is -2.38. The molecule has 2 aromatic carbocycles. The maximum absolute atomic E-state index is 15.2. The molecule has 3 atom stereocenters. The SMILES string of the molecule is C[C@@H]1NC[C@H](c2ccccc2)S(=O)(=O)C1Cc1cc(F)c(C2(CO)CCC(O)CC2)cc1F. The normalized spacial score (nSPS) is 31.9. The highest BCUT2D eigenvalue weighted by Crippen LogP contribution is 2.41. The van der Waals surface area contributed by atoms with Gasteiger partial charge < -0.3 is 15.5 Å². The second kappa shape index (κ2) is 9.41. The Morgan fingerprint density at radius 2 is 1.76 bits per heavy atom. The van der Waals surface area contributed by atoms with E-state index in [4.69, 9.17) is 0 Å². The third-order valence-electron chi connectivity index (χ3n) is 7.52. The van der Waals surface area contributed by atoms with Gasteiger partial charge in [-0.1, -0.05) is 30.3 Å². The monoisotopic (exact) mass is 479 g/mol. The molecule has 8 heteroatoms. The summed E-state index contributed by atoms with van der Waals surface area (Å²) in [7, 11) is -3.67. The van der Waals surface area contributed by atoms with Crippen LogP contribution in [0.2, 0.25) is 0 Å². The van der Waals surface area contributed by atoms with Gasteiger partial charge in [0.2, 0.25) is 0 Å². The highest BCUT2D eigenvalue weighted by Gasteiger charge is 2.43. The average Bonchev–Trinajstić information content (AvgIpc) is 2.80. The number of benzene rings is 2. The first-order valence-corrected chi connectivity index (χ1v) is 13.1. The van der Waals surface area contributed by atoms with Crippen molar-refractivity contribution in [3.05, 3.63) is 70.8 Å². The predicted octanol–water partition coefficient (Wildman–Crippen LogP) is 3.19. The van der Waals surface area contributed by atoms with Crippen LogP contribution >= 0.6 is 0 Å². The summed E-state index contributed by atoms with van der Waals surface area (Å²) < 4.78 is 57.3. The van der Waals surface area contributed by atoms with Gasteiger partial charge in [0.05, 0.1) is 23.2 Å². The summed E-state index contributed by atoms with van der Waals surface area (Å²) >= 11 is 0. The molecular formula is C25H31F2NO4S. The molecule has 1 saturated carbocycles. The molecule has 0 amide bonds. The summed E-state index contributed by atoms with van der Waals surface area (Å²) in [6.45, 7) is 1.68. The summed E-state index contributed by atoms with van der Waals surface area (Å²) in [5, 5.41) is 21.4. The summed E-state index contributed by atoms with van der Waals surface area (Å²) in [5.74, 6) is -1.32. The Morgan fingerprint density at radius 3 is 2.39 bits per heavy atom. The minimum atomic E-state index is -3.67. The lowest BCUT2D eigenvalue weighted by molar-refractivity contribution is 0.0656. The van der Waals surface area contributed by atoms with Crippen LogP contribution in [-0.2, 0) is 21.7 Å². The lowest BCUT2D eigenvalue weighted by Crippen LogP contribution is -2.53. The van der Waals surface area contributed by atoms with Crippen molar-refractivity contribution in [3.63, 3.8) is 0 Å². The molecule has 180 valence electrons. The number of sulfone groups is 1. The molecule has 0 bridgehead atoms. The van der Waals surface area contributed by atoms with Gasteiger partial charge in [0.15, 0.2) is 9.84 Å². The minimum absolute atomic E-state index is 0.0103. The van der Waals surface area contributed by atoms with E-state index in [0.717, 1.165) is 12.1 Å². The van der Waals surface area contributed by atoms with Crippen LogP contribution in [0.1, 0.15) is 54.5 Å². The number of aliphatic hydroxyl groups excluding tert-OH is 2. The van der Waals surface area contributed by atoms with Gasteiger partial charge in [-0.15, -0.1) is 0 Å². The van der Waals surface area contributed by atoms with Crippen LogP contribution in [-0.4, -0.2) is 49.2 Å². The second-order valence-electron chi connectivity index (χ2n) is 9.52. The first-order valence-electron chi connectivity index (χ1n) is 11.5. The van der Waals surface area contributed by atoms with Crippen LogP contribution in [0.3, 0.4) is 0 Å². The van der Waals surface area contributed by atoms with E-state index in [1.165, 1.54) is 0 Å². The number of hydrogen-bond donors (Lipinski definition) is 3. The van der Waals surface area contributed by atoms with Crippen LogP contribution in [0, 0.1) is 11.6 Å². The standard InChI is InChI=1S/C25H31F2NO4S/c1-16-23(33(31,32)24(14-28-16)17-5-3-2-4-6-17)12-18-11-22(27)20(13-21(18)26)25(15-29)9-7-19(30)8-10-25/h2-6,11,13,16,19,23-24,28-30H,7-10,12,14-15H2,1H3/t16-,19?,23?,24+,25?/m0/s1. The van der Waals surface area contributed by atoms with Gasteiger partial charge in [-0.2, -0.15) is 0 Å². The molecule has 1 heterocycles. The molecule has 33 heavy (non-hydrogen) atoms. The molecule has 3 N–H and O–H groups in total. The van der Waals surface area contributed by atoms with Crippen molar-refractivity contribution < 1.29 is 27.4 Å². The molecule has 1 aliphatic heterocycles. The highest BCUT2D eigenvalue weighted by molar-refractivity contribution is 7.92. The Balaban J connectivity index is 1.64. The number of nitrogens with one attached hydrogen (secondary N) is 1. The van der Waals surface area contributed by atoms with E-state index in [-0.39, 0.29) is 30.7 Å². The Morgan fingerprint density at radius 1 is 1.09 bits per heavy atom. The van der Waals surface area contributed by atoms with E-state index in [0.29, 0.717) is 31.2 Å². The van der Waals surface area contributed by atoms with Crippen molar-refractivity contribution in [3.8, 4) is 0 Å². The molecular weight excluding hydrogens is 448 g/mol. The maximum Gasteiger partial charge on any atom is 0.163 e. The third-order valence-corrected chi connectivity index (χ3v) is 10.2. The summed E-state index contributed by atoms with van der Waals surface area (Å²) in [4.78, 5) is 0. The van der Waals surface area contributed by atoms with Crippen molar-refractivity contribution in [1.82, 2.24) is 5.32 Å². The zero-order valence-corrected chi connectivity index (χ0v) is 19.5. The molecule has 5 nitrogen and oxygen atoms in total. The molecule has 4 rings (SSSR count). The molecule has 0 spiro atoms. The fraction of sp³-hybridized carbons (Fsp3) is 0.520. The van der Waals surface area contributed by atoms with Crippen LogP contribution < -0.4 is 5.32 Å². The number of aliphatic hydroxyl groups is 2. The van der Waals surface area contributed by atoms with E-state index >= 15 is 8.78 Å². The predicted molar refractivity (Wildman–Crippen MR) is 123 cm³/mol. The molecule has 2 aromatic rings. The first-order chi connectivity index (χ1) is 15.7. The van der Waals surface area contributed by atoms with E-state index in [2.05, 4.69) is 5.32 Å². The Kier molecular flexibility index (Phi) is 6.92. The van der Waals surface area contributed by atoms with Gasteiger partial charge in [-0.25, -0.2) is 17.2 Å². The first kappa shape index (κ1) is 24.3. The molecule has 1 aliphatic carbocycles. The van der Waals surface area contributed by atoms with Gasteiger partial charge >= 0.3 is 0 Å². The van der Waals surface area contributed by atoms with E-state index in [9.17, 15) is 18.6 Å². The zero-order valence-electron chi connectivity index (χ0n) is 18.7. The summed E-state index contributed by atoms with van der Waals surface area (Å²) in [6.07, 6.45) is 0.892. The Hall–Kier alpha value is -1.87.